The first-order valence-electron chi connectivity index (χ1n) is 3.60. The van der Waals surface area contributed by atoms with Crippen molar-refractivity contribution in [2.75, 3.05) is 13.6 Å². The molecule has 0 fully saturated rings. The molecule has 0 radical (unpaired) electrons. The lowest BCUT2D eigenvalue weighted by Crippen LogP contribution is -2.33. The van der Waals surface area contributed by atoms with E-state index < -0.39 is 5.97 Å². The summed E-state index contributed by atoms with van der Waals surface area (Å²) in [4.78, 5) is 16.0. The van der Waals surface area contributed by atoms with Crippen LogP contribution in [0.25, 0.3) is 0 Å². The second-order valence-corrected chi connectivity index (χ2v) is 2.57. The molecule has 0 aliphatic carbocycles. The summed E-state index contributed by atoms with van der Waals surface area (Å²) in [6.45, 7) is 0.701. The molecule has 0 saturated heterocycles. The standard InChI is InChI=1S/C7H11N3O2/c1-10-4-2-3-5(6(11)12)9-7(10)8/h3H,2,4H2,1H3,(H2,8,9)(H,11,12). The largest absolute Gasteiger partial charge is 0.477 e. The second kappa shape index (κ2) is 3.25. The summed E-state index contributed by atoms with van der Waals surface area (Å²) < 4.78 is 0. The maximum Gasteiger partial charge on any atom is 0.354 e. The molecule has 5 heteroatoms. The number of guanidine groups is 1. The van der Waals surface area contributed by atoms with Crippen LogP contribution in [-0.2, 0) is 4.79 Å². The minimum Gasteiger partial charge on any atom is -0.477 e. The molecule has 0 aromatic heterocycles. The third-order valence-electron chi connectivity index (χ3n) is 1.65. The SMILES string of the molecule is CN1CCC=C(C(=O)O)N=C1N. The molecule has 3 N–H and O–H groups in total. The number of aliphatic carboxylic acids is 1. The lowest BCUT2D eigenvalue weighted by atomic mass is 10.3. The topological polar surface area (TPSA) is 78.9 Å². The zero-order valence-electron chi connectivity index (χ0n) is 6.82. The van der Waals surface area contributed by atoms with E-state index in [1.165, 1.54) is 0 Å². The molecule has 0 amide bonds. The van der Waals surface area contributed by atoms with E-state index in [0.717, 1.165) is 0 Å². The maximum atomic E-state index is 10.5. The number of hydrogen-bond donors (Lipinski definition) is 2. The highest BCUT2D eigenvalue weighted by Crippen LogP contribution is 2.05. The van der Waals surface area contributed by atoms with Gasteiger partial charge in [-0.1, -0.05) is 0 Å². The molecular weight excluding hydrogens is 158 g/mol. The van der Waals surface area contributed by atoms with Crippen LogP contribution in [0.1, 0.15) is 6.42 Å². The third-order valence-corrected chi connectivity index (χ3v) is 1.65. The fraction of sp³-hybridized carbons (Fsp3) is 0.429. The summed E-state index contributed by atoms with van der Waals surface area (Å²) in [7, 11) is 1.78. The van der Waals surface area contributed by atoms with Gasteiger partial charge in [-0.15, -0.1) is 0 Å². The molecule has 12 heavy (non-hydrogen) atoms. The van der Waals surface area contributed by atoms with Gasteiger partial charge in [0, 0.05) is 13.6 Å². The summed E-state index contributed by atoms with van der Waals surface area (Å²) in [5, 5.41) is 8.62. The van der Waals surface area contributed by atoms with Crippen molar-refractivity contribution in [1.82, 2.24) is 4.90 Å². The highest BCUT2D eigenvalue weighted by Gasteiger charge is 2.11. The van der Waals surface area contributed by atoms with Gasteiger partial charge in [0.05, 0.1) is 0 Å². The van der Waals surface area contributed by atoms with Crippen molar-refractivity contribution in [2.45, 2.75) is 6.42 Å². The molecule has 0 aromatic carbocycles. The number of carbonyl (C=O) groups is 1. The van der Waals surface area contributed by atoms with E-state index in [0.29, 0.717) is 13.0 Å². The molecule has 5 nitrogen and oxygen atoms in total. The van der Waals surface area contributed by atoms with Crippen molar-refractivity contribution in [3.63, 3.8) is 0 Å². The Bertz CT molecular complexity index is 257. The molecule has 1 aliphatic heterocycles. The van der Waals surface area contributed by atoms with Crippen LogP contribution in [0.2, 0.25) is 0 Å². The molecule has 0 unspecified atom stereocenters. The van der Waals surface area contributed by atoms with Crippen LogP contribution in [0.15, 0.2) is 16.8 Å². The van der Waals surface area contributed by atoms with E-state index in [9.17, 15) is 4.79 Å². The zero-order chi connectivity index (χ0) is 9.14. The fourth-order valence-electron chi connectivity index (χ4n) is 0.899. The Labute approximate surface area is 70.2 Å². The normalized spacial score (nSPS) is 17.9. The Morgan fingerprint density at radius 1 is 1.83 bits per heavy atom. The average Bonchev–Trinajstić information content (AvgIpc) is 2.15. The lowest BCUT2D eigenvalue weighted by Gasteiger charge is -2.14. The van der Waals surface area contributed by atoms with Gasteiger partial charge in [-0.05, 0) is 12.5 Å². The van der Waals surface area contributed by atoms with Crippen LogP contribution < -0.4 is 5.73 Å². The third kappa shape index (κ3) is 1.75. The van der Waals surface area contributed by atoms with Gasteiger partial charge in [0.15, 0.2) is 5.96 Å². The van der Waals surface area contributed by atoms with Crippen LogP contribution in [0.4, 0.5) is 0 Å². The number of carboxylic acids is 1. The second-order valence-electron chi connectivity index (χ2n) is 2.57. The molecule has 0 aromatic rings. The van der Waals surface area contributed by atoms with Gasteiger partial charge in [0.1, 0.15) is 5.70 Å². The molecule has 0 bridgehead atoms. The quantitative estimate of drug-likeness (QED) is 0.560. The Balaban J connectivity index is 2.88. The fourth-order valence-corrected chi connectivity index (χ4v) is 0.899. The Morgan fingerprint density at radius 3 is 3.08 bits per heavy atom. The van der Waals surface area contributed by atoms with Gasteiger partial charge in [0.25, 0.3) is 0 Å². The number of nitrogens with zero attached hydrogens (tertiary/aromatic N) is 2. The van der Waals surface area contributed by atoms with Gasteiger partial charge >= 0.3 is 5.97 Å². The molecule has 1 rings (SSSR count). The van der Waals surface area contributed by atoms with Gasteiger partial charge in [0.2, 0.25) is 0 Å². The first kappa shape index (κ1) is 8.58. The van der Waals surface area contributed by atoms with Crippen LogP contribution >= 0.6 is 0 Å². The Hall–Kier alpha value is -1.52. The first-order valence-corrected chi connectivity index (χ1v) is 3.60. The van der Waals surface area contributed by atoms with Gasteiger partial charge in [-0.2, -0.15) is 0 Å². The van der Waals surface area contributed by atoms with E-state index >= 15 is 0 Å². The smallest absolute Gasteiger partial charge is 0.354 e. The van der Waals surface area contributed by atoms with Crippen LogP contribution in [0.5, 0.6) is 0 Å². The molecule has 1 aliphatic rings. The maximum absolute atomic E-state index is 10.5. The zero-order valence-corrected chi connectivity index (χ0v) is 6.82. The number of rotatable bonds is 1. The summed E-state index contributed by atoms with van der Waals surface area (Å²) in [5.41, 5.74) is 5.50. The van der Waals surface area contributed by atoms with Crippen molar-refractivity contribution >= 4 is 11.9 Å². The van der Waals surface area contributed by atoms with Crippen LogP contribution in [0, 0.1) is 0 Å². The number of hydrogen-bond acceptors (Lipinski definition) is 4. The lowest BCUT2D eigenvalue weighted by molar-refractivity contribution is -0.132. The van der Waals surface area contributed by atoms with Gasteiger partial charge < -0.3 is 15.7 Å². The summed E-state index contributed by atoms with van der Waals surface area (Å²) in [6.07, 6.45) is 2.22. The highest BCUT2D eigenvalue weighted by atomic mass is 16.4. The Kier molecular flexibility index (Phi) is 2.32. The molecule has 1 heterocycles. The summed E-state index contributed by atoms with van der Waals surface area (Å²) >= 11 is 0. The van der Waals surface area contributed by atoms with Gasteiger partial charge in [-0.3, -0.25) is 0 Å². The number of aliphatic imine (C=N–C) groups is 1. The number of nitrogens with two attached hydrogens (primary N) is 1. The van der Waals surface area contributed by atoms with Crippen molar-refractivity contribution in [2.24, 2.45) is 10.7 Å². The molecule has 66 valence electrons. The van der Waals surface area contributed by atoms with E-state index in [4.69, 9.17) is 10.8 Å². The Morgan fingerprint density at radius 2 is 2.50 bits per heavy atom. The van der Waals surface area contributed by atoms with E-state index in [1.807, 2.05) is 0 Å². The van der Waals surface area contributed by atoms with E-state index in [2.05, 4.69) is 4.99 Å². The summed E-state index contributed by atoms with van der Waals surface area (Å²) in [5.74, 6) is -0.783. The summed E-state index contributed by atoms with van der Waals surface area (Å²) in [6, 6.07) is 0. The van der Waals surface area contributed by atoms with Crippen molar-refractivity contribution in [1.29, 1.82) is 0 Å². The van der Waals surface area contributed by atoms with Gasteiger partial charge in [-0.25, -0.2) is 9.79 Å². The molecule has 0 atom stereocenters. The monoisotopic (exact) mass is 169 g/mol. The highest BCUT2D eigenvalue weighted by molar-refractivity contribution is 5.91. The molecule has 0 saturated carbocycles. The van der Waals surface area contributed by atoms with Crippen LogP contribution in [0.3, 0.4) is 0 Å². The van der Waals surface area contributed by atoms with Crippen molar-refractivity contribution in [3.8, 4) is 0 Å². The predicted octanol–water partition coefficient (Wildman–Crippen LogP) is -0.395. The first-order chi connectivity index (χ1) is 5.61. The molecule has 0 spiro atoms. The number of carboxylic acid groups (broad SMARTS) is 1. The molecular formula is C7H11N3O2. The minimum atomic E-state index is -1.03. The minimum absolute atomic E-state index is 0.0249. The van der Waals surface area contributed by atoms with Crippen molar-refractivity contribution < 1.29 is 9.90 Å². The van der Waals surface area contributed by atoms with E-state index in [1.54, 1.807) is 18.0 Å². The average molecular weight is 169 g/mol. The van der Waals surface area contributed by atoms with E-state index in [-0.39, 0.29) is 11.7 Å². The van der Waals surface area contributed by atoms with Crippen molar-refractivity contribution in [3.05, 3.63) is 11.8 Å². The predicted molar refractivity (Wildman–Crippen MR) is 44.6 cm³/mol. The van der Waals surface area contributed by atoms with Crippen LogP contribution in [-0.4, -0.2) is 35.5 Å².